The molecule has 4 nitrogen and oxygen atoms in total. The van der Waals surface area contributed by atoms with E-state index in [-0.39, 0.29) is 36.3 Å². The molecular weight excluding hydrogens is 358 g/mol. The molecule has 0 aliphatic carbocycles. The zero-order valence-corrected chi connectivity index (χ0v) is 13.1. The van der Waals surface area contributed by atoms with Gasteiger partial charge in [0.05, 0.1) is 18.2 Å². The summed E-state index contributed by atoms with van der Waals surface area (Å²) in [5.74, 6) is -0.0793. The van der Waals surface area contributed by atoms with Crippen molar-refractivity contribution in [2.75, 3.05) is 6.54 Å². The number of guanidine groups is 1. The van der Waals surface area contributed by atoms with Gasteiger partial charge < -0.3 is 11.1 Å². The summed E-state index contributed by atoms with van der Waals surface area (Å²) in [4.78, 5) is 4.04. The van der Waals surface area contributed by atoms with E-state index in [4.69, 9.17) is 11.0 Å². The van der Waals surface area contributed by atoms with Crippen molar-refractivity contribution in [2.24, 2.45) is 10.7 Å². The number of nitrogens with one attached hydrogen (secondary N) is 1. The Bertz CT molecular complexity index is 468. The van der Waals surface area contributed by atoms with E-state index < -0.39 is 0 Å². The Balaban J connectivity index is 0.00000324. The third-order valence-corrected chi connectivity index (χ3v) is 2.43. The maximum Gasteiger partial charge on any atom is 0.188 e. The number of hydrogen-bond donors (Lipinski definition) is 2. The van der Waals surface area contributed by atoms with Crippen LogP contribution in [-0.2, 0) is 6.54 Å². The van der Waals surface area contributed by atoms with E-state index in [1.54, 1.807) is 0 Å². The van der Waals surface area contributed by atoms with Crippen LogP contribution in [0.4, 0.5) is 4.39 Å². The third kappa shape index (κ3) is 6.38. The van der Waals surface area contributed by atoms with Gasteiger partial charge in [-0.1, -0.05) is 13.3 Å². The van der Waals surface area contributed by atoms with Crippen LogP contribution in [-0.4, -0.2) is 12.5 Å². The first-order valence-corrected chi connectivity index (χ1v) is 5.89. The van der Waals surface area contributed by atoms with Crippen LogP contribution in [0.2, 0.25) is 0 Å². The fourth-order valence-corrected chi connectivity index (χ4v) is 1.38. The summed E-state index contributed by atoms with van der Waals surface area (Å²) < 4.78 is 13.4. The summed E-state index contributed by atoms with van der Waals surface area (Å²) in [6.07, 6.45) is 2.08. The molecule has 0 aliphatic rings. The van der Waals surface area contributed by atoms with Crippen LogP contribution >= 0.6 is 24.0 Å². The van der Waals surface area contributed by atoms with Gasteiger partial charge in [-0.05, 0) is 24.6 Å². The van der Waals surface area contributed by atoms with Crippen molar-refractivity contribution in [3.63, 3.8) is 0 Å². The number of unbranched alkanes of at least 4 members (excludes halogenated alkanes) is 1. The highest BCUT2D eigenvalue weighted by Crippen LogP contribution is 2.11. The zero-order valence-electron chi connectivity index (χ0n) is 10.8. The summed E-state index contributed by atoms with van der Waals surface area (Å²) in [6, 6.07) is 6.15. The van der Waals surface area contributed by atoms with E-state index in [9.17, 15) is 4.39 Å². The molecule has 1 rings (SSSR count). The van der Waals surface area contributed by atoms with Crippen LogP contribution in [0.25, 0.3) is 0 Å². The van der Waals surface area contributed by atoms with Crippen LogP contribution in [0.5, 0.6) is 0 Å². The van der Waals surface area contributed by atoms with Gasteiger partial charge in [0.2, 0.25) is 0 Å². The van der Waals surface area contributed by atoms with Crippen molar-refractivity contribution in [3.05, 3.63) is 35.1 Å². The molecule has 0 heterocycles. The van der Waals surface area contributed by atoms with Gasteiger partial charge in [0.25, 0.3) is 0 Å². The highest BCUT2D eigenvalue weighted by Gasteiger charge is 2.03. The summed E-state index contributed by atoms with van der Waals surface area (Å²) in [5.41, 5.74) is 6.42. The van der Waals surface area contributed by atoms with Gasteiger partial charge in [-0.3, -0.25) is 0 Å². The molecule has 1 aromatic carbocycles. The van der Waals surface area contributed by atoms with Crippen LogP contribution in [0.3, 0.4) is 0 Å². The Morgan fingerprint density at radius 3 is 2.89 bits per heavy atom. The van der Waals surface area contributed by atoms with E-state index in [1.807, 2.05) is 6.07 Å². The van der Waals surface area contributed by atoms with Gasteiger partial charge in [0.1, 0.15) is 5.82 Å². The summed E-state index contributed by atoms with van der Waals surface area (Å²) in [7, 11) is 0. The first-order valence-electron chi connectivity index (χ1n) is 5.89. The Morgan fingerprint density at radius 1 is 1.53 bits per heavy atom. The Morgan fingerprint density at radius 2 is 2.26 bits per heavy atom. The van der Waals surface area contributed by atoms with E-state index in [1.165, 1.54) is 18.2 Å². The van der Waals surface area contributed by atoms with Crippen LogP contribution in [0.15, 0.2) is 23.2 Å². The normalized spacial score (nSPS) is 10.5. The second-order valence-corrected chi connectivity index (χ2v) is 3.90. The van der Waals surface area contributed by atoms with Crippen molar-refractivity contribution in [3.8, 4) is 6.07 Å². The molecule has 3 N–H and O–H groups in total. The van der Waals surface area contributed by atoms with Crippen LogP contribution in [0.1, 0.15) is 30.9 Å². The fraction of sp³-hybridized carbons (Fsp3) is 0.385. The molecule has 0 aromatic heterocycles. The molecule has 0 saturated heterocycles. The minimum absolute atomic E-state index is 0. The van der Waals surface area contributed by atoms with Gasteiger partial charge in [-0.2, -0.15) is 5.26 Å². The second kappa shape index (κ2) is 9.55. The Kier molecular flexibility index (Phi) is 8.87. The number of nitrogens with two attached hydrogens (primary N) is 1. The van der Waals surface area contributed by atoms with Crippen molar-refractivity contribution in [1.82, 2.24) is 5.32 Å². The lowest BCUT2D eigenvalue weighted by Gasteiger charge is -2.05. The molecule has 104 valence electrons. The number of nitriles is 1. The largest absolute Gasteiger partial charge is 0.370 e. The number of halogens is 2. The molecule has 0 bridgehead atoms. The molecule has 0 atom stereocenters. The molecule has 0 unspecified atom stereocenters. The molecule has 0 radical (unpaired) electrons. The highest BCUT2D eigenvalue weighted by molar-refractivity contribution is 14.0. The lowest BCUT2D eigenvalue weighted by atomic mass is 10.1. The van der Waals surface area contributed by atoms with Crippen molar-refractivity contribution < 1.29 is 4.39 Å². The van der Waals surface area contributed by atoms with E-state index in [0.29, 0.717) is 17.1 Å². The molecule has 0 amide bonds. The summed E-state index contributed by atoms with van der Waals surface area (Å²) >= 11 is 0. The second-order valence-electron chi connectivity index (χ2n) is 3.90. The Hall–Kier alpha value is -1.36. The van der Waals surface area contributed by atoms with Crippen LogP contribution in [0, 0.1) is 17.1 Å². The van der Waals surface area contributed by atoms with Gasteiger partial charge in [0, 0.05) is 12.1 Å². The minimum Gasteiger partial charge on any atom is -0.370 e. The van der Waals surface area contributed by atoms with Crippen molar-refractivity contribution in [2.45, 2.75) is 26.3 Å². The summed E-state index contributed by atoms with van der Waals surface area (Å²) in [5, 5.41) is 11.7. The van der Waals surface area contributed by atoms with Gasteiger partial charge in [0.15, 0.2) is 5.96 Å². The first kappa shape index (κ1) is 17.6. The highest BCUT2D eigenvalue weighted by atomic mass is 127. The van der Waals surface area contributed by atoms with Crippen molar-refractivity contribution >= 4 is 29.9 Å². The number of rotatable bonds is 5. The van der Waals surface area contributed by atoms with E-state index in [0.717, 1.165) is 19.4 Å². The van der Waals surface area contributed by atoms with Crippen molar-refractivity contribution in [1.29, 1.82) is 5.26 Å². The maximum atomic E-state index is 13.4. The smallest absolute Gasteiger partial charge is 0.188 e. The monoisotopic (exact) mass is 376 g/mol. The number of benzene rings is 1. The maximum absolute atomic E-state index is 13.4. The number of nitrogens with zero attached hydrogens (tertiary/aromatic N) is 2. The Labute approximate surface area is 129 Å². The number of aliphatic imine (C=N–C) groups is 1. The van der Waals surface area contributed by atoms with E-state index >= 15 is 0 Å². The molecule has 1 aromatic rings. The molecule has 0 spiro atoms. The van der Waals surface area contributed by atoms with Gasteiger partial charge >= 0.3 is 0 Å². The molecule has 6 heteroatoms. The molecule has 0 fully saturated rings. The van der Waals surface area contributed by atoms with Gasteiger partial charge in [-0.25, -0.2) is 9.38 Å². The molecule has 0 saturated carbocycles. The average Bonchev–Trinajstić information content (AvgIpc) is 2.38. The zero-order chi connectivity index (χ0) is 13.4. The number of hydrogen-bond acceptors (Lipinski definition) is 2. The first-order chi connectivity index (χ1) is 8.67. The molecule has 19 heavy (non-hydrogen) atoms. The lowest BCUT2D eigenvalue weighted by Crippen LogP contribution is -2.32. The average molecular weight is 376 g/mol. The predicted octanol–water partition coefficient (Wildman–Crippen LogP) is 2.52. The topological polar surface area (TPSA) is 74.2 Å². The lowest BCUT2D eigenvalue weighted by molar-refractivity contribution is 0.610. The quantitative estimate of drug-likeness (QED) is 0.359. The fourth-order valence-electron chi connectivity index (χ4n) is 1.38. The summed E-state index contributed by atoms with van der Waals surface area (Å²) in [6.45, 7) is 2.97. The standard InChI is InChI=1S/C13H17FN4.HI/c1-2-3-6-17-13(16)18-9-11-7-10(8-15)4-5-12(11)14;/h4-5,7H,2-3,6,9H2,1H3,(H3,16,17,18);1H. The minimum atomic E-state index is -0.376. The molecule has 0 aliphatic heterocycles. The van der Waals surface area contributed by atoms with Gasteiger partial charge in [-0.15, -0.1) is 24.0 Å². The third-order valence-electron chi connectivity index (χ3n) is 2.43. The van der Waals surface area contributed by atoms with Crippen LogP contribution < -0.4 is 11.1 Å². The molecular formula is C13H18FIN4. The SMILES string of the molecule is CCCCNC(N)=NCc1cc(C#N)ccc1F.I. The predicted molar refractivity (Wildman–Crippen MR) is 84.8 cm³/mol. The van der Waals surface area contributed by atoms with E-state index in [2.05, 4.69) is 17.2 Å².